The maximum absolute atomic E-state index is 12.4. The Morgan fingerprint density at radius 3 is 2.67 bits per heavy atom. The summed E-state index contributed by atoms with van der Waals surface area (Å²) in [7, 11) is 0. The normalized spacial score (nSPS) is 24.1. The molecule has 1 aromatic rings. The van der Waals surface area contributed by atoms with Crippen molar-refractivity contribution in [2.24, 2.45) is 0 Å². The fraction of sp³-hybridized carbons (Fsp3) is 0.643. The third-order valence-corrected chi connectivity index (χ3v) is 5.09. The molecule has 0 aromatic carbocycles. The Morgan fingerprint density at radius 2 is 2.14 bits per heavy atom. The van der Waals surface area contributed by atoms with Gasteiger partial charge in [-0.2, -0.15) is 13.2 Å². The molecule has 1 aliphatic carbocycles. The van der Waals surface area contributed by atoms with Gasteiger partial charge in [0, 0.05) is 22.7 Å². The molecule has 3 rings (SSSR count). The van der Waals surface area contributed by atoms with Crippen LogP contribution in [0.25, 0.3) is 0 Å². The first kappa shape index (κ1) is 14.8. The van der Waals surface area contributed by atoms with Crippen LogP contribution in [0.15, 0.2) is 12.1 Å². The number of thiophene rings is 1. The number of rotatable bonds is 4. The standard InChI is InChI=1S/C14H17F3N2OS/c1-9-3-4-10(21-9)11-18-13(6-7-13)12(20)19(11)8-2-5-14(15,16)17/h3-4,11,18H,2,5-8H2,1H3. The predicted molar refractivity (Wildman–Crippen MR) is 73.9 cm³/mol. The number of nitrogens with zero attached hydrogens (tertiary/aromatic N) is 1. The van der Waals surface area contributed by atoms with Gasteiger partial charge in [0.1, 0.15) is 11.7 Å². The zero-order chi connectivity index (χ0) is 15.3. The van der Waals surface area contributed by atoms with Gasteiger partial charge in [0.05, 0.1) is 0 Å². The van der Waals surface area contributed by atoms with Gasteiger partial charge < -0.3 is 4.90 Å². The van der Waals surface area contributed by atoms with Gasteiger partial charge in [-0.1, -0.05) is 0 Å². The number of aryl methyl sites for hydroxylation is 1. The fourth-order valence-corrected chi connectivity index (χ4v) is 3.72. The van der Waals surface area contributed by atoms with Crippen LogP contribution in [0.4, 0.5) is 13.2 Å². The van der Waals surface area contributed by atoms with Gasteiger partial charge in [0.2, 0.25) is 5.91 Å². The summed E-state index contributed by atoms with van der Waals surface area (Å²) in [5, 5.41) is 3.32. The average molecular weight is 318 g/mol. The summed E-state index contributed by atoms with van der Waals surface area (Å²) < 4.78 is 36.9. The molecule has 3 nitrogen and oxygen atoms in total. The lowest BCUT2D eigenvalue weighted by atomic mass is 10.2. The van der Waals surface area contributed by atoms with Gasteiger partial charge in [-0.15, -0.1) is 11.3 Å². The fourth-order valence-electron chi connectivity index (χ4n) is 2.78. The molecule has 1 amide bonds. The van der Waals surface area contributed by atoms with Crippen LogP contribution in [-0.2, 0) is 4.79 Å². The van der Waals surface area contributed by atoms with Gasteiger partial charge in [0.15, 0.2) is 0 Å². The van der Waals surface area contributed by atoms with Crippen molar-refractivity contribution in [2.45, 2.75) is 50.5 Å². The Balaban J connectivity index is 1.73. The SMILES string of the molecule is Cc1ccc(C2NC3(CC3)C(=O)N2CCCC(F)(F)F)s1. The van der Waals surface area contributed by atoms with Crippen LogP contribution >= 0.6 is 11.3 Å². The number of hydrogen-bond acceptors (Lipinski definition) is 3. The highest BCUT2D eigenvalue weighted by Gasteiger charge is 2.59. The molecule has 1 saturated heterocycles. The van der Waals surface area contributed by atoms with E-state index in [4.69, 9.17) is 0 Å². The smallest absolute Gasteiger partial charge is 0.320 e. The molecule has 1 N–H and O–H groups in total. The van der Waals surface area contributed by atoms with E-state index in [0.717, 1.165) is 22.6 Å². The van der Waals surface area contributed by atoms with Crippen LogP contribution in [0.1, 0.15) is 41.6 Å². The number of halogens is 3. The van der Waals surface area contributed by atoms with Crippen LogP contribution in [0.3, 0.4) is 0 Å². The number of alkyl halides is 3. The van der Waals surface area contributed by atoms with Gasteiger partial charge in [0.25, 0.3) is 0 Å². The summed E-state index contributed by atoms with van der Waals surface area (Å²) in [5.41, 5.74) is -0.499. The molecule has 0 bridgehead atoms. The van der Waals surface area contributed by atoms with Crippen LogP contribution in [0.2, 0.25) is 0 Å². The molecular formula is C14H17F3N2OS. The van der Waals surface area contributed by atoms with Gasteiger partial charge >= 0.3 is 6.18 Å². The minimum atomic E-state index is -4.16. The van der Waals surface area contributed by atoms with Crippen LogP contribution in [0, 0.1) is 6.92 Å². The van der Waals surface area contributed by atoms with Crippen molar-refractivity contribution in [1.29, 1.82) is 0 Å². The summed E-state index contributed by atoms with van der Waals surface area (Å²) in [6.07, 6.45) is -3.77. The lowest BCUT2D eigenvalue weighted by Crippen LogP contribution is -2.33. The second-order valence-corrected chi connectivity index (χ2v) is 7.11. The monoisotopic (exact) mass is 318 g/mol. The maximum atomic E-state index is 12.4. The first-order valence-corrected chi connectivity index (χ1v) is 7.84. The maximum Gasteiger partial charge on any atom is 0.389 e. The molecular weight excluding hydrogens is 301 g/mol. The highest BCUT2D eigenvalue weighted by atomic mass is 32.1. The average Bonchev–Trinajstić information content (AvgIpc) is 2.97. The van der Waals surface area contributed by atoms with E-state index in [-0.39, 0.29) is 25.0 Å². The Morgan fingerprint density at radius 1 is 1.43 bits per heavy atom. The Labute approximate surface area is 125 Å². The second kappa shape index (κ2) is 4.98. The molecule has 1 aliphatic heterocycles. The molecule has 116 valence electrons. The summed E-state index contributed by atoms with van der Waals surface area (Å²) in [6, 6.07) is 3.92. The van der Waals surface area contributed by atoms with E-state index in [1.165, 1.54) is 0 Å². The summed E-state index contributed by atoms with van der Waals surface area (Å²) in [5.74, 6) is -0.0410. The van der Waals surface area contributed by atoms with Gasteiger partial charge in [-0.25, -0.2) is 0 Å². The Bertz CT molecular complexity index is 551. The van der Waals surface area contributed by atoms with E-state index in [2.05, 4.69) is 5.32 Å². The highest BCUT2D eigenvalue weighted by Crippen LogP contribution is 2.47. The lowest BCUT2D eigenvalue weighted by Gasteiger charge is -2.23. The van der Waals surface area contributed by atoms with Gasteiger partial charge in [-0.05, 0) is 38.3 Å². The van der Waals surface area contributed by atoms with Crippen molar-refractivity contribution in [3.8, 4) is 0 Å². The van der Waals surface area contributed by atoms with Crippen molar-refractivity contribution in [3.05, 3.63) is 21.9 Å². The molecule has 21 heavy (non-hydrogen) atoms. The summed E-state index contributed by atoms with van der Waals surface area (Å²) >= 11 is 1.58. The van der Waals surface area contributed by atoms with Crippen molar-refractivity contribution in [2.75, 3.05) is 6.54 Å². The van der Waals surface area contributed by atoms with E-state index in [1.54, 1.807) is 16.2 Å². The number of carbonyl (C=O) groups is 1. The number of nitrogens with one attached hydrogen (secondary N) is 1. The van der Waals surface area contributed by atoms with Crippen molar-refractivity contribution in [1.82, 2.24) is 10.2 Å². The Kier molecular flexibility index (Phi) is 3.52. The van der Waals surface area contributed by atoms with Crippen molar-refractivity contribution in [3.63, 3.8) is 0 Å². The second-order valence-electron chi connectivity index (χ2n) is 5.79. The van der Waals surface area contributed by atoms with Crippen LogP contribution in [0.5, 0.6) is 0 Å². The first-order chi connectivity index (χ1) is 9.81. The summed E-state index contributed by atoms with van der Waals surface area (Å²) in [6.45, 7) is 2.13. The van der Waals surface area contributed by atoms with Crippen molar-refractivity contribution < 1.29 is 18.0 Å². The van der Waals surface area contributed by atoms with Gasteiger partial charge in [-0.3, -0.25) is 10.1 Å². The van der Waals surface area contributed by atoms with E-state index in [1.807, 2.05) is 19.1 Å². The number of carbonyl (C=O) groups excluding carboxylic acids is 1. The molecule has 1 saturated carbocycles. The number of amides is 1. The van der Waals surface area contributed by atoms with E-state index >= 15 is 0 Å². The van der Waals surface area contributed by atoms with Crippen LogP contribution in [-0.4, -0.2) is 29.1 Å². The largest absolute Gasteiger partial charge is 0.389 e. The molecule has 2 fully saturated rings. The lowest BCUT2D eigenvalue weighted by molar-refractivity contribution is -0.140. The molecule has 1 aromatic heterocycles. The molecule has 7 heteroatoms. The highest BCUT2D eigenvalue weighted by molar-refractivity contribution is 7.12. The minimum Gasteiger partial charge on any atom is -0.320 e. The third-order valence-electron chi connectivity index (χ3n) is 4.03. The van der Waals surface area contributed by atoms with E-state index in [0.29, 0.717) is 0 Å². The zero-order valence-corrected chi connectivity index (χ0v) is 12.5. The third kappa shape index (κ3) is 2.94. The molecule has 0 radical (unpaired) electrons. The molecule has 1 unspecified atom stereocenters. The number of hydrogen-bond donors (Lipinski definition) is 1. The Hall–Kier alpha value is -1.08. The quantitative estimate of drug-likeness (QED) is 0.923. The van der Waals surface area contributed by atoms with Crippen molar-refractivity contribution >= 4 is 17.2 Å². The van der Waals surface area contributed by atoms with E-state index in [9.17, 15) is 18.0 Å². The van der Waals surface area contributed by atoms with E-state index < -0.39 is 18.1 Å². The molecule has 2 heterocycles. The predicted octanol–water partition coefficient (Wildman–Crippen LogP) is 3.36. The topological polar surface area (TPSA) is 32.3 Å². The zero-order valence-electron chi connectivity index (χ0n) is 11.7. The first-order valence-electron chi connectivity index (χ1n) is 7.03. The summed E-state index contributed by atoms with van der Waals surface area (Å²) in [4.78, 5) is 16.1. The molecule has 1 atom stereocenters. The van der Waals surface area contributed by atoms with Crippen LogP contribution < -0.4 is 5.32 Å². The minimum absolute atomic E-state index is 0.0410. The molecule has 1 spiro atoms. The molecule has 2 aliphatic rings.